The molecule has 8 nitrogen and oxygen atoms in total. The summed E-state index contributed by atoms with van der Waals surface area (Å²) < 4.78 is 2.74. The molecule has 3 aromatic rings. The van der Waals surface area contributed by atoms with Gasteiger partial charge in [0.05, 0.1) is 24.7 Å². The van der Waals surface area contributed by atoms with Gasteiger partial charge in [0.15, 0.2) is 0 Å². The highest BCUT2D eigenvalue weighted by atomic mass is 16.3. The lowest BCUT2D eigenvalue weighted by atomic mass is 9.86. The molecule has 2 N–H and O–H groups in total. The Bertz CT molecular complexity index is 1110. The Hall–Kier alpha value is -3.26. The first kappa shape index (κ1) is 21.4. The Morgan fingerprint density at radius 2 is 1.90 bits per heavy atom. The van der Waals surface area contributed by atoms with Gasteiger partial charge >= 0.3 is 0 Å². The zero-order valence-electron chi connectivity index (χ0n) is 17.9. The molecule has 3 rings (SSSR count). The third-order valence-corrected chi connectivity index (χ3v) is 4.79. The molecule has 1 aromatic carbocycles. The summed E-state index contributed by atoms with van der Waals surface area (Å²) in [6.07, 6.45) is 3.16. The standard InChI is InChI=1S/C22H27N5O3/c1-14(13-28)24-20(29)18-10-19(15-6-8-16(9-7-15)22(2,3)4)25-27(21(18)30)17-11-23-26(5)12-17/h6-12,14,28H,13H2,1-5H3,(H,24,29)/t14-/m0/s1. The van der Waals surface area contributed by atoms with Crippen LogP contribution in [0.4, 0.5) is 0 Å². The van der Waals surface area contributed by atoms with Crippen molar-refractivity contribution in [2.24, 2.45) is 7.05 Å². The molecule has 0 saturated carbocycles. The molecule has 0 saturated heterocycles. The predicted molar refractivity (Wildman–Crippen MR) is 115 cm³/mol. The van der Waals surface area contributed by atoms with Crippen LogP contribution in [0, 0.1) is 0 Å². The van der Waals surface area contributed by atoms with E-state index in [1.54, 1.807) is 24.9 Å². The summed E-state index contributed by atoms with van der Waals surface area (Å²) in [6, 6.07) is 8.90. The summed E-state index contributed by atoms with van der Waals surface area (Å²) in [5.74, 6) is -0.561. The molecule has 2 heterocycles. The molecule has 8 heteroatoms. The van der Waals surface area contributed by atoms with Crippen molar-refractivity contribution in [2.45, 2.75) is 39.2 Å². The van der Waals surface area contributed by atoms with E-state index < -0.39 is 17.5 Å². The first-order valence-corrected chi connectivity index (χ1v) is 9.76. The van der Waals surface area contributed by atoms with Gasteiger partial charge in [0.2, 0.25) is 0 Å². The summed E-state index contributed by atoms with van der Waals surface area (Å²) >= 11 is 0. The maximum atomic E-state index is 13.0. The SMILES string of the molecule is C[C@@H](CO)NC(=O)c1cc(-c2ccc(C(C)(C)C)cc2)nn(-c2cnn(C)c2)c1=O. The van der Waals surface area contributed by atoms with Crippen LogP contribution in [0.5, 0.6) is 0 Å². The monoisotopic (exact) mass is 409 g/mol. The number of rotatable bonds is 5. The van der Waals surface area contributed by atoms with Crippen LogP contribution < -0.4 is 10.9 Å². The average Bonchev–Trinajstić information content (AvgIpc) is 3.13. The number of nitrogens with zero attached hydrogens (tertiary/aromatic N) is 4. The highest BCUT2D eigenvalue weighted by Gasteiger charge is 2.20. The number of amides is 1. The molecule has 0 unspecified atom stereocenters. The average molecular weight is 409 g/mol. The zero-order chi connectivity index (χ0) is 22.1. The molecule has 0 aliphatic heterocycles. The quantitative estimate of drug-likeness (QED) is 0.671. The van der Waals surface area contributed by atoms with E-state index in [2.05, 4.69) is 36.3 Å². The minimum atomic E-state index is -0.561. The summed E-state index contributed by atoms with van der Waals surface area (Å²) in [5, 5.41) is 20.4. The Morgan fingerprint density at radius 3 is 2.43 bits per heavy atom. The second kappa shape index (κ2) is 8.23. The highest BCUT2D eigenvalue weighted by molar-refractivity contribution is 5.95. The third kappa shape index (κ3) is 4.49. The van der Waals surface area contributed by atoms with Gasteiger partial charge < -0.3 is 10.4 Å². The molecule has 158 valence electrons. The lowest BCUT2D eigenvalue weighted by Gasteiger charge is -2.19. The molecular weight excluding hydrogens is 382 g/mol. The minimum Gasteiger partial charge on any atom is -0.394 e. The van der Waals surface area contributed by atoms with E-state index in [4.69, 9.17) is 0 Å². The van der Waals surface area contributed by atoms with Crippen molar-refractivity contribution < 1.29 is 9.90 Å². The van der Waals surface area contributed by atoms with Gasteiger partial charge in [-0.25, -0.2) is 0 Å². The van der Waals surface area contributed by atoms with E-state index >= 15 is 0 Å². The lowest BCUT2D eigenvalue weighted by molar-refractivity contribution is 0.0920. The molecular formula is C22H27N5O3. The van der Waals surface area contributed by atoms with Crippen molar-refractivity contribution in [2.75, 3.05) is 6.61 Å². The second-order valence-electron chi connectivity index (χ2n) is 8.42. The van der Waals surface area contributed by atoms with E-state index in [9.17, 15) is 14.7 Å². The summed E-state index contributed by atoms with van der Waals surface area (Å²) in [6.45, 7) is 7.83. The topological polar surface area (TPSA) is 102 Å². The molecule has 30 heavy (non-hydrogen) atoms. The number of carbonyl (C=O) groups excluding carboxylic acids is 1. The van der Waals surface area contributed by atoms with E-state index in [1.165, 1.54) is 22.5 Å². The maximum absolute atomic E-state index is 13.0. The minimum absolute atomic E-state index is 0.00589. The first-order chi connectivity index (χ1) is 14.1. The Kier molecular flexibility index (Phi) is 5.89. The maximum Gasteiger partial charge on any atom is 0.284 e. The van der Waals surface area contributed by atoms with Gasteiger partial charge in [0.1, 0.15) is 11.3 Å². The van der Waals surface area contributed by atoms with E-state index in [-0.39, 0.29) is 17.6 Å². The number of hydrogen-bond acceptors (Lipinski definition) is 5. The van der Waals surface area contributed by atoms with Gasteiger partial charge in [-0.3, -0.25) is 14.3 Å². The Morgan fingerprint density at radius 1 is 1.23 bits per heavy atom. The third-order valence-electron chi connectivity index (χ3n) is 4.79. The Balaban J connectivity index is 2.14. The molecule has 0 aliphatic carbocycles. The number of hydrogen-bond donors (Lipinski definition) is 2. The van der Waals surface area contributed by atoms with E-state index in [0.29, 0.717) is 11.4 Å². The van der Waals surface area contributed by atoms with Crippen LogP contribution >= 0.6 is 0 Å². The molecule has 2 aromatic heterocycles. The summed E-state index contributed by atoms with van der Waals surface area (Å²) in [4.78, 5) is 25.7. The van der Waals surface area contributed by atoms with E-state index in [1.807, 2.05) is 24.3 Å². The molecule has 1 amide bonds. The fraction of sp³-hybridized carbons (Fsp3) is 0.364. The van der Waals surface area contributed by atoms with Crippen molar-refractivity contribution in [3.63, 3.8) is 0 Å². The molecule has 0 bridgehead atoms. The first-order valence-electron chi connectivity index (χ1n) is 9.76. The van der Waals surface area contributed by atoms with Gasteiger partial charge in [-0.15, -0.1) is 0 Å². The predicted octanol–water partition coefficient (Wildman–Crippen LogP) is 2.04. The Labute approximate surface area is 175 Å². The van der Waals surface area contributed by atoms with Crippen LogP contribution in [-0.4, -0.2) is 43.2 Å². The highest BCUT2D eigenvalue weighted by Crippen LogP contribution is 2.25. The van der Waals surface area contributed by atoms with Crippen LogP contribution in [0.15, 0.2) is 47.5 Å². The summed E-state index contributed by atoms with van der Waals surface area (Å²) in [7, 11) is 1.74. The second-order valence-corrected chi connectivity index (χ2v) is 8.42. The smallest absolute Gasteiger partial charge is 0.284 e. The molecule has 0 spiro atoms. The summed E-state index contributed by atoms with van der Waals surface area (Å²) in [5.41, 5.74) is 2.29. The van der Waals surface area contributed by atoms with Crippen molar-refractivity contribution >= 4 is 5.91 Å². The van der Waals surface area contributed by atoms with Crippen molar-refractivity contribution in [1.29, 1.82) is 0 Å². The van der Waals surface area contributed by atoms with Crippen molar-refractivity contribution in [3.05, 3.63) is 64.2 Å². The molecule has 0 aliphatic rings. The van der Waals surface area contributed by atoms with Gasteiger partial charge in [-0.1, -0.05) is 45.0 Å². The number of benzene rings is 1. The number of aryl methyl sites for hydroxylation is 1. The molecule has 1 atom stereocenters. The zero-order valence-corrected chi connectivity index (χ0v) is 17.9. The van der Waals surface area contributed by atoms with Crippen molar-refractivity contribution in [1.82, 2.24) is 24.9 Å². The van der Waals surface area contributed by atoms with Crippen LogP contribution in [0.2, 0.25) is 0 Å². The lowest BCUT2D eigenvalue weighted by Crippen LogP contribution is -2.39. The van der Waals surface area contributed by atoms with Crippen LogP contribution in [0.1, 0.15) is 43.6 Å². The number of aliphatic hydroxyl groups excluding tert-OH is 1. The largest absolute Gasteiger partial charge is 0.394 e. The fourth-order valence-electron chi connectivity index (χ4n) is 2.98. The number of aliphatic hydroxyl groups is 1. The van der Waals surface area contributed by atoms with Gasteiger partial charge in [0, 0.05) is 18.7 Å². The van der Waals surface area contributed by atoms with Gasteiger partial charge in [-0.05, 0) is 24.0 Å². The number of aromatic nitrogens is 4. The number of nitrogens with one attached hydrogen (secondary N) is 1. The van der Waals surface area contributed by atoms with E-state index in [0.717, 1.165) is 5.56 Å². The van der Waals surface area contributed by atoms with Crippen molar-refractivity contribution in [3.8, 4) is 16.9 Å². The van der Waals surface area contributed by atoms with Gasteiger partial charge in [0.25, 0.3) is 11.5 Å². The number of carbonyl (C=O) groups is 1. The van der Waals surface area contributed by atoms with Crippen LogP contribution in [-0.2, 0) is 12.5 Å². The van der Waals surface area contributed by atoms with Crippen LogP contribution in [0.25, 0.3) is 16.9 Å². The van der Waals surface area contributed by atoms with Gasteiger partial charge in [-0.2, -0.15) is 14.9 Å². The molecule has 0 fully saturated rings. The fourth-order valence-corrected chi connectivity index (χ4v) is 2.98. The molecule has 0 radical (unpaired) electrons. The normalized spacial score (nSPS) is 12.6. The van der Waals surface area contributed by atoms with Crippen LogP contribution in [0.3, 0.4) is 0 Å².